The van der Waals surface area contributed by atoms with Crippen molar-refractivity contribution in [1.29, 1.82) is 0 Å². The fourth-order valence-corrected chi connectivity index (χ4v) is 3.06. The van der Waals surface area contributed by atoms with Crippen molar-refractivity contribution in [3.63, 3.8) is 0 Å². The van der Waals surface area contributed by atoms with Gasteiger partial charge in [-0.05, 0) is 45.4 Å². The van der Waals surface area contributed by atoms with Crippen LogP contribution in [0, 0.1) is 5.92 Å². The Kier molecular flexibility index (Phi) is 1.53. The van der Waals surface area contributed by atoms with E-state index in [9.17, 15) is 0 Å². The Labute approximate surface area is 73.5 Å². The monoisotopic (exact) mass is 173 g/mol. The first kappa shape index (κ1) is 7.88. The molecule has 0 unspecified atom stereocenters. The van der Waals surface area contributed by atoms with E-state index < -0.39 is 0 Å². The molecule has 0 amide bonds. The molecule has 3 rings (SSSR count). The second-order valence-corrected chi connectivity index (χ2v) is 5.31. The van der Waals surface area contributed by atoms with Crippen LogP contribution in [-0.4, -0.2) is 10.5 Å². The zero-order valence-corrected chi connectivity index (χ0v) is 8.04. The third-order valence-electron chi connectivity index (χ3n) is 3.34. The van der Waals surface area contributed by atoms with E-state index in [2.05, 4.69) is 19.2 Å². The van der Waals surface area contributed by atoms with Gasteiger partial charge < -0.3 is 0 Å². The van der Waals surface area contributed by atoms with Gasteiger partial charge in [-0.1, -0.05) is 0 Å². The molecule has 0 radical (unpaired) electrons. The molecule has 0 aromatic carbocycles. The van der Waals surface area contributed by atoms with Gasteiger partial charge in [0.25, 0.3) is 0 Å². The number of alkyl halides is 1. The van der Waals surface area contributed by atoms with Crippen LogP contribution in [0.1, 0.15) is 39.5 Å². The smallest absolute Gasteiger partial charge is 0.0940 e. The molecule has 3 fully saturated rings. The number of piperidine rings is 2. The Morgan fingerprint density at radius 2 is 1.82 bits per heavy atom. The number of halogens is 1. The van der Waals surface area contributed by atoms with Crippen LogP contribution in [0.2, 0.25) is 0 Å². The average molecular weight is 174 g/mol. The fourth-order valence-electron chi connectivity index (χ4n) is 2.60. The zero-order chi connectivity index (χ0) is 8.11. The first-order valence-electron chi connectivity index (χ1n) is 4.50. The second-order valence-electron chi connectivity index (χ2n) is 4.59. The third kappa shape index (κ3) is 1.19. The van der Waals surface area contributed by atoms with Gasteiger partial charge in [0, 0.05) is 5.54 Å². The van der Waals surface area contributed by atoms with E-state index in [0.717, 1.165) is 18.8 Å². The number of rotatable bonds is 0. The highest BCUT2D eigenvalue weighted by atomic mass is 35.5. The van der Waals surface area contributed by atoms with E-state index in [4.69, 9.17) is 11.6 Å². The maximum Gasteiger partial charge on any atom is 0.0940 e. The molecule has 0 aromatic rings. The summed E-state index contributed by atoms with van der Waals surface area (Å²) in [4.78, 5) is -0.0573. The quantitative estimate of drug-likeness (QED) is 0.439. The van der Waals surface area contributed by atoms with Gasteiger partial charge in [-0.25, -0.2) is 0 Å². The molecule has 64 valence electrons. The van der Waals surface area contributed by atoms with E-state index in [1.54, 1.807) is 0 Å². The summed E-state index contributed by atoms with van der Waals surface area (Å²) in [5.41, 5.74) is 0.276. The molecule has 1 nitrogen and oxygen atoms in total. The third-order valence-corrected chi connectivity index (χ3v) is 3.82. The lowest BCUT2D eigenvalue weighted by molar-refractivity contribution is 0.0673. The number of hydrogen-bond donors (Lipinski definition) is 1. The van der Waals surface area contributed by atoms with E-state index in [-0.39, 0.29) is 10.5 Å². The molecule has 11 heavy (non-hydrogen) atoms. The van der Waals surface area contributed by atoms with E-state index in [1.165, 1.54) is 12.8 Å². The molecule has 1 saturated carbocycles. The number of fused-ring (bicyclic) bond motifs is 3. The normalized spacial score (nSPS) is 47.7. The van der Waals surface area contributed by atoms with Gasteiger partial charge >= 0.3 is 0 Å². The second kappa shape index (κ2) is 2.14. The van der Waals surface area contributed by atoms with Crippen LogP contribution in [0.5, 0.6) is 0 Å². The average Bonchev–Trinajstić information content (AvgIpc) is 1.84. The van der Waals surface area contributed by atoms with Crippen LogP contribution in [0.15, 0.2) is 0 Å². The molecule has 0 spiro atoms. The minimum absolute atomic E-state index is 0.0573. The highest BCUT2D eigenvalue weighted by Crippen LogP contribution is 2.46. The van der Waals surface area contributed by atoms with Crippen LogP contribution >= 0.6 is 11.6 Å². The molecule has 2 saturated heterocycles. The zero-order valence-electron chi connectivity index (χ0n) is 7.28. The maximum atomic E-state index is 6.37. The number of hydrogen-bond acceptors (Lipinski definition) is 1. The van der Waals surface area contributed by atoms with Gasteiger partial charge in [-0.3, -0.25) is 5.32 Å². The van der Waals surface area contributed by atoms with Gasteiger partial charge in [-0.15, -0.1) is 11.6 Å². The topological polar surface area (TPSA) is 12.0 Å². The molecule has 2 heterocycles. The van der Waals surface area contributed by atoms with Crippen molar-refractivity contribution in [3.05, 3.63) is 0 Å². The van der Waals surface area contributed by atoms with Gasteiger partial charge in [0.1, 0.15) is 0 Å². The van der Waals surface area contributed by atoms with Crippen molar-refractivity contribution >= 4 is 11.6 Å². The Bertz CT molecular complexity index is 166. The summed E-state index contributed by atoms with van der Waals surface area (Å²) in [7, 11) is 0. The number of nitrogens with one attached hydrogen (secondary N) is 1. The summed E-state index contributed by atoms with van der Waals surface area (Å²) in [5.74, 6) is 0.850. The molecule has 2 aliphatic heterocycles. The first-order chi connectivity index (χ1) is 5.02. The predicted octanol–water partition coefficient (Wildman–Crippen LogP) is 2.49. The Hall–Kier alpha value is 0.250. The van der Waals surface area contributed by atoms with E-state index in [0.29, 0.717) is 0 Å². The van der Waals surface area contributed by atoms with Gasteiger partial charge in [0.2, 0.25) is 0 Å². The Morgan fingerprint density at radius 1 is 1.27 bits per heavy atom. The molecule has 2 bridgehead atoms. The van der Waals surface area contributed by atoms with Gasteiger partial charge in [0.05, 0.1) is 5.00 Å². The summed E-state index contributed by atoms with van der Waals surface area (Å²) < 4.78 is 0. The lowest BCUT2D eigenvalue weighted by Gasteiger charge is -2.53. The van der Waals surface area contributed by atoms with Crippen molar-refractivity contribution in [2.24, 2.45) is 5.92 Å². The molecular weight excluding hydrogens is 158 g/mol. The predicted molar refractivity (Wildman–Crippen MR) is 47.8 cm³/mol. The minimum atomic E-state index is -0.0573. The molecule has 1 aliphatic carbocycles. The van der Waals surface area contributed by atoms with Crippen molar-refractivity contribution in [2.45, 2.75) is 50.1 Å². The minimum Gasteiger partial charge on any atom is -0.293 e. The van der Waals surface area contributed by atoms with Crippen molar-refractivity contribution in [2.75, 3.05) is 0 Å². The van der Waals surface area contributed by atoms with Crippen molar-refractivity contribution in [1.82, 2.24) is 5.32 Å². The van der Waals surface area contributed by atoms with Crippen LogP contribution in [0.4, 0.5) is 0 Å². The lowest BCUT2D eigenvalue weighted by Crippen LogP contribution is -2.63. The standard InChI is InChI=1S/C9H16ClN/c1-8(2)7-3-5-9(10,11-8)6-4-7/h7,11H,3-6H2,1-2H3. The Morgan fingerprint density at radius 3 is 2.09 bits per heavy atom. The van der Waals surface area contributed by atoms with Crippen LogP contribution in [0.3, 0.4) is 0 Å². The van der Waals surface area contributed by atoms with Crippen LogP contribution < -0.4 is 5.32 Å². The fraction of sp³-hybridized carbons (Fsp3) is 1.00. The summed E-state index contributed by atoms with van der Waals surface area (Å²) in [6.45, 7) is 4.54. The molecule has 1 N–H and O–H groups in total. The van der Waals surface area contributed by atoms with Crippen molar-refractivity contribution < 1.29 is 0 Å². The molecule has 2 heteroatoms. The largest absolute Gasteiger partial charge is 0.293 e. The molecule has 3 aliphatic rings. The Balaban J connectivity index is 2.22. The SMILES string of the molecule is CC1(C)NC2(Cl)CCC1CC2. The first-order valence-corrected chi connectivity index (χ1v) is 4.88. The van der Waals surface area contributed by atoms with Crippen LogP contribution in [-0.2, 0) is 0 Å². The highest BCUT2D eigenvalue weighted by molar-refractivity contribution is 6.23. The summed E-state index contributed by atoms with van der Waals surface area (Å²) >= 11 is 6.37. The lowest BCUT2D eigenvalue weighted by atomic mass is 9.69. The van der Waals surface area contributed by atoms with Gasteiger partial charge in [0.15, 0.2) is 0 Å². The highest BCUT2D eigenvalue weighted by Gasteiger charge is 2.47. The molecule has 0 atom stereocenters. The van der Waals surface area contributed by atoms with E-state index in [1.807, 2.05) is 0 Å². The summed E-state index contributed by atoms with van der Waals surface area (Å²) in [5, 5.41) is 3.53. The summed E-state index contributed by atoms with van der Waals surface area (Å²) in [6, 6.07) is 0. The maximum absolute atomic E-state index is 6.37. The summed E-state index contributed by atoms with van der Waals surface area (Å²) in [6.07, 6.45) is 4.93. The van der Waals surface area contributed by atoms with E-state index >= 15 is 0 Å². The molecular formula is C9H16ClN. The molecule has 0 aromatic heterocycles. The van der Waals surface area contributed by atoms with Crippen molar-refractivity contribution in [3.8, 4) is 0 Å². The van der Waals surface area contributed by atoms with Gasteiger partial charge in [-0.2, -0.15) is 0 Å². The van der Waals surface area contributed by atoms with Crippen LogP contribution in [0.25, 0.3) is 0 Å².